The predicted molar refractivity (Wildman–Crippen MR) is 73.9 cm³/mol. The second-order valence-corrected chi connectivity index (χ2v) is 4.67. The van der Waals surface area contributed by atoms with Crippen molar-refractivity contribution in [2.75, 3.05) is 5.73 Å². The highest BCUT2D eigenvalue weighted by Crippen LogP contribution is 2.33. The van der Waals surface area contributed by atoms with Gasteiger partial charge in [0.05, 0.1) is 10.0 Å². The first-order chi connectivity index (χ1) is 8.65. The molecule has 0 spiro atoms. The molecule has 0 aliphatic heterocycles. The third-order valence-corrected chi connectivity index (χ3v) is 3.18. The first-order valence-electron chi connectivity index (χ1n) is 5.25. The second-order valence-electron chi connectivity index (χ2n) is 3.85. The van der Waals surface area contributed by atoms with Crippen molar-refractivity contribution >= 4 is 40.0 Å². The molecule has 1 aromatic heterocycles. The molecule has 3 nitrogen and oxygen atoms in total. The van der Waals surface area contributed by atoms with Crippen LogP contribution in [-0.2, 0) is 0 Å². The summed E-state index contributed by atoms with van der Waals surface area (Å²) in [6, 6.07) is 10.7. The molecule has 2 N–H and O–H groups in total. The Morgan fingerprint density at radius 2 is 1.83 bits per heavy atom. The van der Waals surface area contributed by atoms with Crippen molar-refractivity contribution in [2.24, 2.45) is 0 Å². The summed E-state index contributed by atoms with van der Waals surface area (Å²) in [6.07, 6.45) is 0. The molecule has 0 aliphatic carbocycles. The van der Waals surface area contributed by atoms with Crippen molar-refractivity contribution in [1.82, 2.24) is 4.98 Å². The van der Waals surface area contributed by atoms with Crippen LogP contribution in [0.1, 0.15) is 0 Å². The van der Waals surface area contributed by atoms with E-state index in [1.807, 2.05) is 12.1 Å². The van der Waals surface area contributed by atoms with E-state index >= 15 is 0 Å². The fraction of sp³-hybridized carbons (Fsp3) is 0. The lowest BCUT2D eigenvalue weighted by molar-refractivity contribution is 0.620. The number of anilines is 1. The molecule has 0 saturated heterocycles. The Morgan fingerprint density at radius 1 is 1.06 bits per heavy atom. The Balaban J connectivity index is 2.26. The van der Waals surface area contributed by atoms with Gasteiger partial charge in [-0.3, -0.25) is 0 Å². The lowest BCUT2D eigenvalue weighted by Crippen LogP contribution is -1.84. The highest BCUT2D eigenvalue weighted by atomic mass is 35.5. The van der Waals surface area contributed by atoms with E-state index in [1.54, 1.807) is 24.3 Å². The van der Waals surface area contributed by atoms with Crippen molar-refractivity contribution in [1.29, 1.82) is 0 Å². The number of halogens is 2. The fourth-order valence-corrected chi connectivity index (χ4v) is 2.12. The lowest BCUT2D eigenvalue weighted by Gasteiger charge is -1.96. The highest BCUT2D eigenvalue weighted by molar-refractivity contribution is 6.39. The zero-order chi connectivity index (χ0) is 12.7. The quantitative estimate of drug-likeness (QED) is 0.672. The van der Waals surface area contributed by atoms with E-state index in [0.29, 0.717) is 32.7 Å². The van der Waals surface area contributed by atoms with Crippen molar-refractivity contribution in [2.45, 2.75) is 0 Å². The highest BCUT2D eigenvalue weighted by Gasteiger charge is 2.13. The number of nitrogens with two attached hydrogens (primary N) is 1. The number of benzene rings is 2. The first kappa shape index (κ1) is 11.4. The summed E-state index contributed by atoms with van der Waals surface area (Å²) < 4.78 is 5.64. The predicted octanol–water partition coefficient (Wildman–Crippen LogP) is 4.38. The van der Waals surface area contributed by atoms with Gasteiger partial charge in [-0.25, -0.2) is 4.98 Å². The number of oxazole rings is 1. The SMILES string of the molecule is Nc1cccc(-c2nc3c(Cl)ccc(Cl)c3o2)c1. The second kappa shape index (κ2) is 4.19. The first-order valence-corrected chi connectivity index (χ1v) is 6.01. The van der Waals surface area contributed by atoms with Gasteiger partial charge in [0.15, 0.2) is 5.58 Å². The molecule has 90 valence electrons. The molecule has 1 heterocycles. The summed E-state index contributed by atoms with van der Waals surface area (Å²) in [4.78, 5) is 4.35. The van der Waals surface area contributed by atoms with Crippen molar-refractivity contribution < 1.29 is 4.42 Å². The maximum Gasteiger partial charge on any atom is 0.227 e. The van der Waals surface area contributed by atoms with Gasteiger partial charge in [-0.2, -0.15) is 0 Å². The number of aromatic nitrogens is 1. The van der Waals surface area contributed by atoms with Crippen LogP contribution < -0.4 is 5.73 Å². The lowest BCUT2D eigenvalue weighted by atomic mass is 10.2. The van der Waals surface area contributed by atoms with Gasteiger partial charge in [0.1, 0.15) is 5.52 Å². The van der Waals surface area contributed by atoms with Crippen LogP contribution in [0.4, 0.5) is 5.69 Å². The Labute approximate surface area is 113 Å². The molecule has 0 amide bonds. The van der Waals surface area contributed by atoms with Gasteiger partial charge in [0.25, 0.3) is 0 Å². The molecular weight excluding hydrogens is 271 g/mol. The van der Waals surface area contributed by atoms with E-state index in [1.165, 1.54) is 0 Å². The van der Waals surface area contributed by atoms with Crippen LogP contribution in [0.15, 0.2) is 40.8 Å². The maximum atomic E-state index is 6.06. The molecule has 0 aliphatic rings. The zero-order valence-corrected chi connectivity index (χ0v) is 10.7. The summed E-state index contributed by atoms with van der Waals surface area (Å²) in [6.45, 7) is 0. The molecule has 2 aromatic carbocycles. The van der Waals surface area contributed by atoms with Gasteiger partial charge in [0, 0.05) is 11.3 Å². The zero-order valence-electron chi connectivity index (χ0n) is 9.15. The average Bonchev–Trinajstić information content (AvgIpc) is 2.80. The number of nitrogen functional groups attached to an aromatic ring is 1. The average molecular weight is 279 g/mol. The molecule has 18 heavy (non-hydrogen) atoms. The molecule has 0 saturated carbocycles. The van der Waals surface area contributed by atoms with Gasteiger partial charge in [-0.15, -0.1) is 0 Å². The standard InChI is InChI=1S/C13H8Cl2N2O/c14-9-4-5-10(15)12-11(9)17-13(18-12)7-2-1-3-8(16)6-7/h1-6H,16H2. The summed E-state index contributed by atoms with van der Waals surface area (Å²) >= 11 is 12.1. The molecule has 0 fully saturated rings. The number of nitrogens with zero attached hydrogens (tertiary/aromatic N) is 1. The molecule has 0 unspecified atom stereocenters. The molecule has 5 heteroatoms. The van der Waals surface area contributed by atoms with Crippen LogP contribution in [0.25, 0.3) is 22.6 Å². The largest absolute Gasteiger partial charge is 0.434 e. The third-order valence-electron chi connectivity index (χ3n) is 2.58. The minimum Gasteiger partial charge on any atom is -0.434 e. The van der Waals surface area contributed by atoms with Crippen LogP contribution in [0.3, 0.4) is 0 Å². The Hall–Kier alpha value is -1.71. The minimum atomic E-state index is 0.451. The molecular formula is C13H8Cl2N2O. The molecule has 3 aromatic rings. The summed E-state index contributed by atoms with van der Waals surface area (Å²) in [7, 11) is 0. The van der Waals surface area contributed by atoms with Crippen LogP contribution >= 0.6 is 23.2 Å². The van der Waals surface area contributed by atoms with Crippen LogP contribution in [0.5, 0.6) is 0 Å². The minimum absolute atomic E-state index is 0.451. The van der Waals surface area contributed by atoms with E-state index in [4.69, 9.17) is 33.4 Å². The Kier molecular flexibility index (Phi) is 2.65. The van der Waals surface area contributed by atoms with Crippen LogP contribution in [-0.4, -0.2) is 4.98 Å². The van der Waals surface area contributed by atoms with Gasteiger partial charge < -0.3 is 10.2 Å². The summed E-state index contributed by atoms with van der Waals surface area (Å²) in [5, 5.41) is 0.991. The van der Waals surface area contributed by atoms with E-state index in [2.05, 4.69) is 4.98 Å². The topological polar surface area (TPSA) is 52.0 Å². The van der Waals surface area contributed by atoms with E-state index < -0.39 is 0 Å². The Bertz CT molecular complexity index is 698. The number of hydrogen-bond donors (Lipinski definition) is 1. The van der Waals surface area contributed by atoms with Gasteiger partial charge >= 0.3 is 0 Å². The van der Waals surface area contributed by atoms with E-state index in [0.717, 1.165) is 5.56 Å². The number of rotatable bonds is 1. The van der Waals surface area contributed by atoms with Gasteiger partial charge in [-0.05, 0) is 30.3 Å². The van der Waals surface area contributed by atoms with Crippen molar-refractivity contribution in [3.63, 3.8) is 0 Å². The fourth-order valence-electron chi connectivity index (χ4n) is 1.74. The van der Waals surface area contributed by atoms with Crippen molar-refractivity contribution in [3.8, 4) is 11.5 Å². The molecule has 3 rings (SSSR count). The normalized spacial score (nSPS) is 11.0. The molecule has 0 bridgehead atoms. The smallest absolute Gasteiger partial charge is 0.227 e. The maximum absolute atomic E-state index is 6.06. The molecule has 0 radical (unpaired) electrons. The number of hydrogen-bond acceptors (Lipinski definition) is 3. The van der Waals surface area contributed by atoms with E-state index in [9.17, 15) is 0 Å². The monoisotopic (exact) mass is 278 g/mol. The number of fused-ring (bicyclic) bond motifs is 1. The Morgan fingerprint density at radius 3 is 2.56 bits per heavy atom. The van der Waals surface area contributed by atoms with Gasteiger partial charge in [0.2, 0.25) is 5.89 Å². The third kappa shape index (κ3) is 1.82. The van der Waals surface area contributed by atoms with Crippen LogP contribution in [0, 0.1) is 0 Å². The summed E-state index contributed by atoms with van der Waals surface area (Å²) in [5.41, 5.74) is 8.21. The van der Waals surface area contributed by atoms with Gasteiger partial charge in [-0.1, -0.05) is 29.3 Å². The van der Waals surface area contributed by atoms with E-state index in [-0.39, 0.29) is 0 Å². The summed E-state index contributed by atoms with van der Waals surface area (Å²) in [5.74, 6) is 0.451. The molecule has 0 atom stereocenters. The van der Waals surface area contributed by atoms with Crippen molar-refractivity contribution in [3.05, 3.63) is 46.4 Å². The van der Waals surface area contributed by atoms with Crippen LogP contribution in [0.2, 0.25) is 10.0 Å².